The molecule has 1 unspecified atom stereocenters. The van der Waals surface area contributed by atoms with Gasteiger partial charge >= 0.3 is 0 Å². The van der Waals surface area contributed by atoms with Crippen LogP contribution in [0.15, 0.2) is 35.4 Å². The summed E-state index contributed by atoms with van der Waals surface area (Å²) in [5, 5.41) is 2.17. The van der Waals surface area contributed by atoms with Crippen molar-refractivity contribution in [1.29, 1.82) is 0 Å². The van der Waals surface area contributed by atoms with E-state index in [-0.39, 0.29) is 4.75 Å². The van der Waals surface area contributed by atoms with E-state index in [9.17, 15) is 0 Å². The first kappa shape index (κ1) is 16.7. The SMILES string of the molecule is Cc1ccc(C2(C)Cn3c4c(c5cc(Cl)cc(c53)S2)CN(C)CC4)cn1. The lowest BCUT2D eigenvalue weighted by molar-refractivity contribution is 0.308. The van der Waals surface area contributed by atoms with Crippen molar-refractivity contribution in [2.45, 2.75) is 43.0 Å². The van der Waals surface area contributed by atoms with Crippen molar-refractivity contribution in [3.63, 3.8) is 0 Å². The zero-order valence-electron chi connectivity index (χ0n) is 15.3. The third-order valence-electron chi connectivity index (χ3n) is 5.78. The molecule has 5 heteroatoms. The van der Waals surface area contributed by atoms with Gasteiger partial charge in [0.25, 0.3) is 0 Å². The van der Waals surface area contributed by atoms with Crippen LogP contribution in [0.1, 0.15) is 29.4 Å². The molecule has 1 aromatic carbocycles. The third-order valence-corrected chi connectivity index (χ3v) is 7.35. The minimum atomic E-state index is -0.0402. The molecule has 0 saturated heterocycles. The average molecular weight is 384 g/mol. The lowest BCUT2D eigenvalue weighted by Crippen LogP contribution is -2.31. The number of rotatable bonds is 1. The van der Waals surface area contributed by atoms with E-state index in [0.29, 0.717) is 0 Å². The minimum Gasteiger partial charge on any atom is -0.342 e. The van der Waals surface area contributed by atoms with E-state index in [1.807, 2.05) is 24.9 Å². The standard InChI is InChI=1S/C21H22ClN3S/c1-13-4-5-14(10-23-13)21(2)12-25-18-6-7-24(3)11-17(18)16-8-15(22)9-19(26-21)20(16)25/h4-5,8-10H,6-7,11-12H2,1-3H3. The highest BCUT2D eigenvalue weighted by Crippen LogP contribution is 2.51. The average Bonchev–Trinajstić information content (AvgIpc) is 2.89. The molecular weight excluding hydrogens is 362 g/mol. The number of likely N-dealkylation sites (N-methyl/N-ethyl adjacent to an activating group) is 1. The molecule has 2 aliphatic rings. The quantitative estimate of drug-likeness (QED) is 0.589. The monoisotopic (exact) mass is 383 g/mol. The third kappa shape index (κ3) is 2.43. The summed E-state index contributed by atoms with van der Waals surface area (Å²) in [6.07, 6.45) is 3.14. The number of pyridine rings is 1. The van der Waals surface area contributed by atoms with Gasteiger partial charge in [-0.25, -0.2) is 0 Å². The van der Waals surface area contributed by atoms with Crippen LogP contribution in [0.25, 0.3) is 10.9 Å². The van der Waals surface area contributed by atoms with Gasteiger partial charge in [0.1, 0.15) is 0 Å². The minimum absolute atomic E-state index is 0.0402. The number of aryl methyl sites for hydroxylation is 1. The van der Waals surface area contributed by atoms with Crippen molar-refractivity contribution in [2.75, 3.05) is 13.6 Å². The number of halogens is 1. The van der Waals surface area contributed by atoms with Crippen LogP contribution in [-0.2, 0) is 24.3 Å². The second-order valence-electron chi connectivity index (χ2n) is 7.82. The number of nitrogens with zero attached hydrogens (tertiary/aromatic N) is 3. The molecule has 0 spiro atoms. The molecule has 2 aliphatic heterocycles. The maximum Gasteiger partial charge on any atom is 0.0626 e. The van der Waals surface area contributed by atoms with Crippen LogP contribution < -0.4 is 0 Å². The van der Waals surface area contributed by atoms with Gasteiger partial charge in [-0.05, 0) is 50.2 Å². The van der Waals surface area contributed by atoms with Crippen LogP contribution in [0.5, 0.6) is 0 Å². The van der Waals surface area contributed by atoms with Crippen LogP contribution >= 0.6 is 23.4 Å². The normalized spacial score (nSPS) is 22.6. The summed E-state index contributed by atoms with van der Waals surface area (Å²) in [5.74, 6) is 0. The summed E-state index contributed by atoms with van der Waals surface area (Å²) >= 11 is 8.46. The molecule has 0 N–H and O–H groups in total. The number of aromatic nitrogens is 2. The summed E-state index contributed by atoms with van der Waals surface area (Å²) in [7, 11) is 2.20. The molecule has 0 aliphatic carbocycles. The topological polar surface area (TPSA) is 21.1 Å². The zero-order chi connectivity index (χ0) is 18.1. The maximum atomic E-state index is 6.53. The molecule has 26 heavy (non-hydrogen) atoms. The van der Waals surface area contributed by atoms with Crippen LogP contribution in [-0.4, -0.2) is 28.0 Å². The second-order valence-corrected chi connectivity index (χ2v) is 9.80. The molecule has 0 saturated carbocycles. The highest BCUT2D eigenvalue weighted by Gasteiger charge is 2.37. The van der Waals surface area contributed by atoms with Gasteiger partial charge in [0.15, 0.2) is 0 Å². The predicted octanol–water partition coefficient (Wildman–Crippen LogP) is 5.01. The Morgan fingerprint density at radius 1 is 1.27 bits per heavy atom. The Morgan fingerprint density at radius 2 is 2.12 bits per heavy atom. The zero-order valence-corrected chi connectivity index (χ0v) is 16.9. The highest BCUT2D eigenvalue weighted by molar-refractivity contribution is 8.00. The lowest BCUT2D eigenvalue weighted by Gasteiger charge is -2.36. The Morgan fingerprint density at radius 3 is 2.88 bits per heavy atom. The van der Waals surface area contributed by atoms with Crippen LogP contribution in [0.2, 0.25) is 5.02 Å². The summed E-state index contributed by atoms with van der Waals surface area (Å²) in [4.78, 5) is 8.25. The van der Waals surface area contributed by atoms with Crippen molar-refractivity contribution in [2.24, 2.45) is 0 Å². The van der Waals surface area contributed by atoms with Gasteiger partial charge in [-0.1, -0.05) is 17.7 Å². The fourth-order valence-electron chi connectivity index (χ4n) is 4.40. The lowest BCUT2D eigenvalue weighted by atomic mass is 10.0. The molecule has 1 atom stereocenters. The van der Waals surface area contributed by atoms with E-state index in [1.165, 1.54) is 32.6 Å². The number of thioether (sulfide) groups is 1. The first-order valence-corrected chi connectivity index (χ1v) is 10.3. The van der Waals surface area contributed by atoms with Gasteiger partial charge < -0.3 is 9.47 Å². The summed E-state index contributed by atoms with van der Waals surface area (Å²) in [6.45, 7) is 7.47. The van der Waals surface area contributed by atoms with E-state index in [2.05, 4.69) is 52.7 Å². The van der Waals surface area contributed by atoms with Crippen LogP contribution in [0, 0.1) is 6.92 Å². The molecule has 3 nitrogen and oxygen atoms in total. The molecular formula is C21H22ClN3S. The molecule has 0 amide bonds. The van der Waals surface area contributed by atoms with Crippen molar-refractivity contribution < 1.29 is 0 Å². The molecule has 0 fully saturated rings. The first-order valence-electron chi connectivity index (χ1n) is 9.09. The summed E-state index contributed by atoms with van der Waals surface area (Å²) in [5.41, 5.74) is 6.67. The molecule has 5 rings (SSSR count). The van der Waals surface area contributed by atoms with Crippen molar-refractivity contribution in [3.05, 3.63) is 58.0 Å². The maximum absolute atomic E-state index is 6.53. The van der Waals surface area contributed by atoms with Gasteiger partial charge in [-0.2, -0.15) is 0 Å². The Balaban J connectivity index is 1.73. The number of hydrogen-bond acceptors (Lipinski definition) is 3. The van der Waals surface area contributed by atoms with Crippen molar-refractivity contribution in [3.8, 4) is 0 Å². The smallest absolute Gasteiger partial charge is 0.0626 e. The Labute approximate surface area is 163 Å². The molecule has 0 radical (unpaired) electrons. The Kier molecular flexibility index (Phi) is 3.69. The molecule has 0 bridgehead atoms. The first-order chi connectivity index (χ1) is 12.4. The largest absolute Gasteiger partial charge is 0.342 e. The highest BCUT2D eigenvalue weighted by atomic mass is 35.5. The fraction of sp³-hybridized carbons (Fsp3) is 0.381. The van der Waals surface area contributed by atoms with Gasteiger partial charge in [-0.3, -0.25) is 4.98 Å². The van der Waals surface area contributed by atoms with E-state index in [0.717, 1.165) is 36.8 Å². The number of benzene rings is 1. The summed E-state index contributed by atoms with van der Waals surface area (Å²) in [6, 6.07) is 8.64. The van der Waals surface area contributed by atoms with E-state index < -0.39 is 0 Å². The van der Waals surface area contributed by atoms with E-state index >= 15 is 0 Å². The van der Waals surface area contributed by atoms with Crippen molar-refractivity contribution >= 4 is 34.3 Å². The molecule has 4 heterocycles. The Bertz CT molecular complexity index is 1020. The molecule has 134 valence electrons. The van der Waals surface area contributed by atoms with Crippen LogP contribution in [0.3, 0.4) is 0 Å². The van der Waals surface area contributed by atoms with Gasteiger partial charge in [0.05, 0.1) is 10.3 Å². The van der Waals surface area contributed by atoms with Crippen molar-refractivity contribution in [1.82, 2.24) is 14.5 Å². The molecule has 2 aromatic heterocycles. The fourth-order valence-corrected chi connectivity index (χ4v) is 6.11. The molecule has 3 aromatic rings. The number of fused-ring (bicyclic) bond motifs is 3. The second kappa shape index (κ2) is 5.75. The van der Waals surface area contributed by atoms with Gasteiger partial charge in [0, 0.05) is 58.9 Å². The van der Waals surface area contributed by atoms with E-state index in [1.54, 1.807) is 0 Å². The van der Waals surface area contributed by atoms with Gasteiger partial charge in [0.2, 0.25) is 0 Å². The number of hydrogen-bond donors (Lipinski definition) is 0. The van der Waals surface area contributed by atoms with Gasteiger partial charge in [-0.15, -0.1) is 11.8 Å². The summed E-state index contributed by atoms with van der Waals surface area (Å²) < 4.78 is 2.53. The van der Waals surface area contributed by atoms with Crippen LogP contribution in [0.4, 0.5) is 0 Å². The Hall–Kier alpha value is -1.49. The predicted molar refractivity (Wildman–Crippen MR) is 109 cm³/mol. The van der Waals surface area contributed by atoms with E-state index in [4.69, 9.17) is 11.6 Å².